The zero-order chi connectivity index (χ0) is 22.8. The summed E-state index contributed by atoms with van der Waals surface area (Å²) in [6.45, 7) is 1.64. The topological polar surface area (TPSA) is 41.5 Å². The molecule has 0 radical (unpaired) electrons. The van der Waals surface area contributed by atoms with Crippen molar-refractivity contribution < 1.29 is 61.9 Å². The highest BCUT2D eigenvalue weighted by atomic mass is 19.4. The van der Waals surface area contributed by atoms with Crippen molar-refractivity contribution in [2.24, 2.45) is 5.10 Å². The summed E-state index contributed by atoms with van der Waals surface area (Å²) in [5.41, 5.74) is 0.593. The first kappa shape index (κ1) is 26.2. The molecule has 28 heavy (non-hydrogen) atoms. The smallest absolute Gasteiger partial charge is 0.266 e. The molecule has 0 aliphatic carbocycles. The number of halogens is 13. The molecule has 0 aromatic rings. The van der Waals surface area contributed by atoms with E-state index in [2.05, 4.69) is 5.10 Å². The summed E-state index contributed by atoms with van der Waals surface area (Å²) in [6.07, 6.45) is -6.02. The fraction of sp³-hybridized carbons (Fsp3) is 0.833. The van der Waals surface area contributed by atoms with Crippen LogP contribution in [0.2, 0.25) is 0 Å². The van der Waals surface area contributed by atoms with Gasteiger partial charge in [0.25, 0.3) is 0 Å². The zero-order valence-corrected chi connectivity index (χ0v) is 13.5. The molecule has 0 fully saturated rings. The maximum absolute atomic E-state index is 13.3. The number of nitrogens with one attached hydrogen (secondary N) is 1. The molecule has 0 aromatic heterocycles. The number of hydrogen-bond donors (Lipinski definition) is 1. The molecule has 0 saturated heterocycles. The second-order valence-corrected chi connectivity index (χ2v) is 5.26. The Morgan fingerprint density at radius 2 is 1.21 bits per heavy atom. The summed E-state index contributed by atoms with van der Waals surface area (Å²) in [7, 11) is 0. The van der Waals surface area contributed by atoms with E-state index in [9.17, 15) is 61.9 Å². The van der Waals surface area contributed by atoms with Crippen LogP contribution in [0.25, 0.3) is 0 Å². The molecular weight excluding hydrogens is 435 g/mol. The number of amides is 1. The predicted octanol–water partition coefficient (Wildman–Crippen LogP) is 5.02. The van der Waals surface area contributed by atoms with Crippen LogP contribution in [0.1, 0.15) is 26.2 Å². The molecule has 166 valence electrons. The number of carbonyl (C=O) groups excluding carboxylic acids is 1. The molecule has 0 bridgehead atoms. The lowest BCUT2D eigenvalue weighted by atomic mass is 9.93. The van der Waals surface area contributed by atoms with Crippen molar-refractivity contribution in [3.63, 3.8) is 0 Å². The van der Waals surface area contributed by atoms with E-state index in [0.717, 1.165) is 0 Å². The van der Waals surface area contributed by atoms with Crippen LogP contribution in [0.5, 0.6) is 0 Å². The monoisotopic (exact) mass is 446 g/mol. The molecule has 0 aliphatic heterocycles. The van der Waals surface area contributed by atoms with Gasteiger partial charge in [-0.2, -0.15) is 62.2 Å². The van der Waals surface area contributed by atoms with E-state index in [-0.39, 0.29) is 6.42 Å². The highest BCUT2D eigenvalue weighted by Gasteiger charge is 2.91. The first-order valence-electron chi connectivity index (χ1n) is 7.01. The molecular formula is C12H11F13N2O. The molecule has 0 aliphatic rings. The van der Waals surface area contributed by atoms with E-state index >= 15 is 0 Å². The Balaban J connectivity index is 5.92. The van der Waals surface area contributed by atoms with Crippen LogP contribution in [0.15, 0.2) is 5.10 Å². The van der Waals surface area contributed by atoms with Crippen molar-refractivity contribution in [3.8, 4) is 0 Å². The van der Waals surface area contributed by atoms with Gasteiger partial charge in [-0.15, -0.1) is 0 Å². The fourth-order valence-corrected chi connectivity index (χ4v) is 1.45. The van der Waals surface area contributed by atoms with Gasteiger partial charge in [0, 0.05) is 6.21 Å². The summed E-state index contributed by atoms with van der Waals surface area (Å²) in [6, 6.07) is 0. The maximum Gasteiger partial charge on any atom is 0.460 e. The number of carbonyl (C=O) groups is 1. The Kier molecular flexibility index (Phi) is 7.42. The Morgan fingerprint density at radius 1 is 0.786 bits per heavy atom. The molecule has 0 heterocycles. The third-order valence-electron chi connectivity index (χ3n) is 3.16. The normalized spacial score (nSPS) is 15.2. The number of nitrogens with zero attached hydrogens (tertiary/aromatic N) is 1. The standard InChI is InChI=1S/C12H11F13N2O/c1-2-3-4-5-26-27-6(28)7(13,14)8(15,16)9(17,18)10(19,20)11(21,22)12(23,24)25/h5H,2-4H2,1H3,(H,27,28)/b26-5+. The van der Waals surface area contributed by atoms with E-state index in [0.29, 0.717) is 24.5 Å². The lowest BCUT2D eigenvalue weighted by molar-refractivity contribution is -0.436. The van der Waals surface area contributed by atoms with Gasteiger partial charge in [-0.25, -0.2) is 5.43 Å². The van der Waals surface area contributed by atoms with Crippen LogP contribution in [-0.2, 0) is 4.79 Å². The third-order valence-corrected chi connectivity index (χ3v) is 3.16. The molecule has 0 spiro atoms. The molecule has 16 heteroatoms. The highest BCUT2D eigenvalue weighted by molar-refractivity contribution is 5.85. The SMILES string of the molecule is CCCC/C=N/NC(=O)C(F)(F)C(F)(F)C(F)(F)C(F)(F)C(F)(F)C(F)(F)F. The predicted molar refractivity (Wildman–Crippen MR) is 66.9 cm³/mol. The van der Waals surface area contributed by atoms with Gasteiger partial charge < -0.3 is 0 Å². The molecule has 0 atom stereocenters. The fourth-order valence-electron chi connectivity index (χ4n) is 1.45. The second-order valence-electron chi connectivity index (χ2n) is 5.26. The van der Waals surface area contributed by atoms with Crippen LogP contribution in [-0.4, -0.2) is 47.9 Å². The van der Waals surface area contributed by atoms with Gasteiger partial charge in [-0.05, 0) is 12.8 Å². The zero-order valence-electron chi connectivity index (χ0n) is 13.5. The van der Waals surface area contributed by atoms with Crippen molar-refractivity contribution >= 4 is 12.1 Å². The lowest BCUT2D eigenvalue weighted by Crippen LogP contribution is -2.71. The first-order valence-corrected chi connectivity index (χ1v) is 7.01. The Labute approximate surface area is 147 Å². The average Bonchev–Trinajstić information content (AvgIpc) is 2.52. The van der Waals surface area contributed by atoms with Crippen LogP contribution in [0.3, 0.4) is 0 Å². The van der Waals surface area contributed by atoms with Gasteiger partial charge in [0.1, 0.15) is 0 Å². The van der Waals surface area contributed by atoms with E-state index in [1.807, 2.05) is 0 Å². The molecule has 0 aromatic carbocycles. The summed E-state index contributed by atoms with van der Waals surface area (Å²) in [5.74, 6) is -41.8. The largest absolute Gasteiger partial charge is 0.460 e. The van der Waals surface area contributed by atoms with Crippen molar-refractivity contribution in [2.45, 2.75) is 62.0 Å². The van der Waals surface area contributed by atoms with Crippen molar-refractivity contribution in [1.82, 2.24) is 5.43 Å². The number of alkyl halides is 13. The first-order chi connectivity index (χ1) is 12.2. The third kappa shape index (κ3) is 4.14. The van der Waals surface area contributed by atoms with Crippen LogP contribution in [0, 0.1) is 0 Å². The van der Waals surface area contributed by atoms with Gasteiger partial charge in [0.05, 0.1) is 0 Å². The average molecular weight is 446 g/mol. The van der Waals surface area contributed by atoms with Crippen molar-refractivity contribution in [1.29, 1.82) is 0 Å². The molecule has 0 rings (SSSR count). The second kappa shape index (κ2) is 7.93. The van der Waals surface area contributed by atoms with Crippen LogP contribution >= 0.6 is 0 Å². The van der Waals surface area contributed by atoms with Crippen molar-refractivity contribution in [2.75, 3.05) is 0 Å². The molecule has 0 saturated carbocycles. The number of rotatable bonds is 9. The number of hydrogen-bond acceptors (Lipinski definition) is 2. The van der Waals surface area contributed by atoms with Crippen LogP contribution in [0.4, 0.5) is 57.1 Å². The molecule has 0 unspecified atom stereocenters. The molecule has 1 amide bonds. The Hall–Kier alpha value is -1.77. The quantitative estimate of drug-likeness (QED) is 0.230. The lowest BCUT2D eigenvalue weighted by Gasteiger charge is -2.38. The summed E-state index contributed by atoms with van der Waals surface area (Å²) < 4.78 is 166. The number of unbranched alkanes of at least 4 members (excludes halogenated alkanes) is 2. The van der Waals surface area contributed by atoms with Gasteiger partial charge in [0.2, 0.25) is 0 Å². The minimum atomic E-state index is -8.05. The molecule has 3 nitrogen and oxygen atoms in total. The van der Waals surface area contributed by atoms with E-state index < -0.39 is 41.7 Å². The van der Waals surface area contributed by atoms with E-state index in [1.54, 1.807) is 6.92 Å². The Morgan fingerprint density at radius 3 is 1.61 bits per heavy atom. The van der Waals surface area contributed by atoms with Crippen molar-refractivity contribution in [3.05, 3.63) is 0 Å². The van der Waals surface area contributed by atoms with E-state index in [1.165, 1.54) is 0 Å². The van der Waals surface area contributed by atoms with Crippen LogP contribution < -0.4 is 5.43 Å². The Bertz CT molecular complexity index is 583. The highest BCUT2D eigenvalue weighted by Crippen LogP contribution is 2.60. The summed E-state index contributed by atoms with van der Waals surface area (Å²) in [5, 5.41) is 2.62. The maximum atomic E-state index is 13.3. The van der Waals surface area contributed by atoms with E-state index in [4.69, 9.17) is 0 Å². The molecule has 1 N–H and O–H groups in total. The summed E-state index contributed by atoms with van der Waals surface area (Å²) in [4.78, 5) is 10.9. The van der Waals surface area contributed by atoms with Gasteiger partial charge in [-0.1, -0.05) is 13.3 Å². The minimum Gasteiger partial charge on any atom is -0.266 e. The van der Waals surface area contributed by atoms with Gasteiger partial charge in [-0.3, -0.25) is 4.79 Å². The summed E-state index contributed by atoms with van der Waals surface area (Å²) >= 11 is 0. The van der Waals surface area contributed by atoms with Gasteiger partial charge >= 0.3 is 41.7 Å². The number of hydrazone groups is 1. The van der Waals surface area contributed by atoms with Gasteiger partial charge in [0.15, 0.2) is 0 Å². The minimum absolute atomic E-state index is 0.0230.